The van der Waals surface area contributed by atoms with E-state index in [-0.39, 0.29) is 0 Å². The molecule has 0 unspecified atom stereocenters. The van der Waals surface area contributed by atoms with Gasteiger partial charge in [0.15, 0.2) is 0 Å². The summed E-state index contributed by atoms with van der Waals surface area (Å²) in [6.45, 7) is 0.631. The molecular formula is C16H18F2N4. The fraction of sp³-hybridized carbons (Fsp3) is 0.312. The van der Waals surface area contributed by atoms with E-state index in [4.69, 9.17) is 0 Å². The van der Waals surface area contributed by atoms with Crippen LogP contribution in [0.25, 0.3) is 10.9 Å². The summed E-state index contributed by atoms with van der Waals surface area (Å²) in [6.07, 6.45) is 1.29. The summed E-state index contributed by atoms with van der Waals surface area (Å²) in [4.78, 5) is 0. The van der Waals surface area contributed by atoms with E-state index in [9.17, 15) is 8.78 Å². The predicted octanol–water partition coefficient (Wildman–Crippen LogP) is 3.37. The lowest BCUT2D eigenvalue weighted by atomic mass is 10.1. The zero-order chi connectivity index (χ0) is 15.7. The molecule has 2 aromatic heterocycles. The maximum atomic E-state index is 12.4. The first-order valence-corrected chi connectivity index (χ1v) is 7.12. The summed E-state index contributed by atoms with van der Waals surface area (Å²) in [7, 11) is 2.05. The zero-order valence-corrected chi connectivity index (χ0v) is 12.6. The monoisotopic (exact) mass is 304 g/mol. The molecule has 0 fully saturated rings. The molecule has 0 saturated heterocycles. The van der Waals surface area contributed by atoms with Crippen molar-refractivity contribution in [2.24, 2.45) is 7.05 Å². The number of alkyl halides is 2. The topological polar surface area (TPSA) is 34.8 Å². The number of hydrogen-bond donors (Lipinski definition) is 1. The molecule has 0 aliphatic rings. The minimum atomic E-state index is -2.59. The molecule has 0 aliphatic heterocycles. The van der Waals surface area contributed by atoms with Crippen LogP contribution < -0.4 is 5.32 Å². The lowest BCUT2D eigenvalue weighted by Gasteiger charge is -2.05. The number of halogens is 2. The van der Waals surface area contributed by atoms with Gasteiger partial charge in [0, 0.05) is 42.9 Å². The third-order valence-electron chi connectivity index (χ3n) is 3.85. The summed E-state index contributed by atoms with van der Waals surface area (Å²) in [5.74, 6) is 0. The van der Waals surface area contributed by atoms with E-state index in [0.29, 0.717) is 23.5 Å². The summed E-state index contributed by atoms with van der Waals surface area (Å²) in [5.41, 5.74) is 4.19. The average Bonchev–Trinajstić information content (AvgIpc) is 3.05. The highest BCUT2D eigenvalue weighted by Crippen LogP contribution is 2.19. The van der Waals surface area contributed by atoms with Crippen LogP contribution >= 0.6 is 0 Å². The van der Waals surface area contributed by atoms with Gasteiger partial charge in [0.1, 0.15) is 0 Å². The van der Waals surface area contributed by atoms with Crippen molar-refractivity contribution in [1.29, 1.82) is 0 Å². The Morgan fingerprint density at radius 1 is 1.18 bits per heavy atom. The van der Waals surface area contributed by atoms with Crippen molar-refractivity contribution in [3.8, 4) is 0 Å². The summed E-state index contributed by atoms with van der Waals surface area (Å²) < 4.78 is 27.7. The van der Waals surface area contributed by atoms with Crippen molar-refractivity contribution in [2.45, 2.75) is 26.6 Å². The molecule has 0 bridgehead atoms. The Hall–Kier alpha value is -2.21. The van der Waals surface area contributed by atoms with E-state index < -0.39 is 6.55 Å². The number of nitrogens with one attached hydrogen (secondary N) is 1. The van der Waals surface area contributed by atoms with Crippen LogP contribution in [0.4, 0.5) is 8.78 Å². The van der Waals surface area contributed by atoms with Crippen molar-refractivity contribution >= 4 is 10.9 Å². The highest BCUT2D eigenvalue weighted by molar-refractivity contribution is 5.81. The Balaban J connectivity index is 1.63. The lowest BCUT2D eigenvalue weighted by Crippen LogP contribution is -2.13. The van der Waals surface area contributed by atoms with Crippen LogP contribution in [0.1, 0.15) is 23.5 Å². The number of benzene rings is 1. The SMILES string of the molecule is Cc1cc2cc(CNCc3ccn(C(F)F)n3)ccc2n1C. The van der Waals surface area contributed by atoms with Crippen LogP contribution in [0.3, 0.4) is 0 Å². The Bertz CT molecular complexity index is 789. The van der Waals surface area contributed by atoms with Crippen molar-refractivity contribution in [2.75, 3.05) is 0 Å². The molecule has 0 spiro atoms. The van der Waals surface area contributed by atoms with Gasteiger partial charge in [0.2, 0.25) is 0 Å². The molecule has 3 aromatic rings. The maximum Gasteiger partial charge on any atom is 0.333 e. The van der Waals surface area contributed by atoms with Gasteiger partial charge in [-0.3, -0.25) is 0 Å². The van der Waals surface area contributed by atoms with E-state index in [1.807, 2.05) is 0 Å². The van der Waals surface area contributed by atoms with Gasteiger partial charge in [0.05, 0.1) is 5.69 Å². The third kappa shape index (κ3) is 2.87. The standard InChI is InChI=1S/C16H18F2N4/c1-11-7-13-8-12(3-4-15(13)21(11)2)9-19-10-14-5-6-22(20-14)16(17)18/h3-8,16,19H,9-10H2,1-2H3. The number of hydrogen-bond acceptors (Lipinski definition) is 2. The maximum absolute atomic E-state index is 12.4. The number of fused-ring (bicyclic) bond motifs is 1. The summed E-state index contributed by atoms with van der Waals surface area (Å²) >= 11 is 0. The zero-order valence-electron chi connectivity index (χ0n) is 12.6. The molecule has 0 radical (unpaired) electrons. The van der Waals surface area contributed by atoms with Crippen molar-refractivity contribution < 1.29 is 8.78 Å². The molecule has 0 amide bonds. The minimum absolute atomic E-state index is 0.464. The molecular weight excluding hydrogens is 286 g/mol. The summed E-state index contributed by atoms with van der Waals surface area (Å²) in [6, 6.07) is 10.1. The third-order valence-corrected chi connectivity index (χ3v) is 3.85. The smallest absolute Gasteiger partial charge is 0.333 e. The second-order valence-electron chi connectivity index (χ2n) is 5.41. The van der Waals surface area contributed by atoms with Crippen molar-refractivity contribution in [1.82, 2.24) is 19.7 Å². The van der Waals surface area contributed by atoms with E-state index in [2.05, 4.69) is 53.2 Å². The second kappa shape index (κ2) is 5.88. The van der Waals surface area contributed by atoms with E-state index >= 15 is 0 Å². The van der Waals surface area contributed by atoms with Crippen LogP contribution in [0.2, 0.25) is 0 Å². The number of aromatic nitrogens is 3. The molecule has 0 atom stereocenters. The molecule has 0 saturated carbocycles. The fourth-order valence-electron chi connectivity index (χ4n) is 2.56. The number of rotatable bonds is 5. The second-order valence-corrected chi connectivity index (χ2v) is 5.41. The van der Waals surface area contributed by atoms with Crippen molar-refractivity contribution in [3.63, 3.8) is 0 Å². The molecule has 4 nitrogen and oxygen atoms in total. The van der Waals surface area contributed by atoms with Gasteiger partial charge in [-0.15, -0.1) is 0 Å². The number of nitrogens with zero attached hydrogens (tertiary/aromatic N) is 3. The summed E-state index contributed by atoms with van der Waals surface area (Å²) in [5, 5.41) is 8.24. The predicted molar refractivity (Wildman–Crippen MR) is 81.7 cm³/mol. The van der Waals surface area contributed by atoms with Gasteiger partial charge >= 0.3 is 6.55 Å². The Morgan fingerprint density at radius 2 is 2.00 bits per heavy atom. The average molecular weight is 304 g/mol. The van der Waals surface area contributed by atoms with Crippen LogP contribution in [0.5, 0.6) is 0 Å². The number of aryl methyl sites for hydroxylation is 2. The van der Waals surface area contributed by atoms with E-state index in [1.54, 1.807) is 6.07 Å². The molecule has 1 aromatic carbocycles. The molecule has 6 heteroatoms. The normalized spacial score (nSPS) is 11.7. The fourth-order valence-corrected chi connectivity index (χ4v) is 2.56. The largest absolute Gasteiger partial charge is 0.348 e. The highest BCUT2D eigenvalue weighted by Gasteiger charge is 2.07. The van der Waals surface area contributed by atoms with Gasteiger partial charge in [-0.25, -0.2) is 4.68 Å². The van der Waals surface area contributed by atoms with E-state index in [1.165, 1.54) is 22.8 Å². The first kappa shape index (κ1) is 14.7. The van der Waals surface area contributed by atoms with E-state index in [0.717, 1.165) is 5.56 Å². The van der Waals surface area contributed by atoms with Crippen molar-refractivity contribution in [3.05, 3.63) is 53.5 Å². The quantitative estimate of drug-likeness (QED) is 0.784. The first-order chi connectivity index (χ1) is 10.5. The van der Waals surface area contributed by atoms with Crippen LogP contribution in [-0.2, 0) is 20.1 Å². The molecule has 1 N–H and O–H groups in total. The Kier molecular flexibility index (Phi) is 3.94. The molecule has 3 rings (SSSR count). The van der Waals surface area contributed by atoms with Gasteiger partial charge < -0.3 is 9.88 Å². The lowest BCUT2D eigenvalue weighted by molar-refractivity contribution is 0.0561. The van der Waals surface area contributed by atoms with Crippen LogP contribution in [0, 0.1) is 6.92 Å². The van der Waals surface area contributed by atoms with Gasteiger partial charge in [0.25, 0.3) is 0 Å². The van der Waals surface area contributed by atoms with Crippen LogP contribution in [0.15, 0.2) is 36.5 Å². The Labute approximate surface area is 127 Å². The van der Waals surface area contributed by atoms with Gasteiger partial charge in [-0.05, 0) is 36.8 Å². The Morgan fingerprint density at radius 3 is 2.73 bits per heavy atom. The molecule has 116 valence electrons. The molecule has 2 heterocycles. The van der Waals surface area contributed by atoms with Crippen LogP contribution in [-0.4, -0.2) is 14.3 Å². The molecule has 22 heavy (non-hydrogen) atoms. The van der Waals surface area contributed by atoms with Gasteiger partial charge in [-0.2, -0.15) is 13.9 Å². The highest BCUT2D eigenvalue weighted by atomic mass is 19.3. The van der Waals surface area contributed by atoms with Gasteiger partial charge in [-0.1, -0.05) is 6.07 Å². The molecule has 0 aliphatic carbocycles. The first-order valence-electron chi connectivity index (χ1n) is 7.12. The minimum Gasteiger partial charge on any atom is -0.348 e.